The number of pyridine rings is 1. The molecule has 1 aromatic heterocycles. The highest BCUT2D eigenvalue weighted by Crippen LogP contribution is 2.42. The number of nitriles is 1. The van der Waals surface area contributed by atoms with E-state index in [4.69, 9.17) is 49.0 Å². The van der Waals surface area contributed by atoms with Crippen molar-refractivity contribution >= 4 is 40.8 Å². The first kappa shape index (κ1) is 46.1. The molecule has 2 fully saturated rings. The molecule has 0 aliphatic carbocycles. The summed E-state index contributed by atoms with van der Waals surface area (Å²) in [5.41, 5.74) is 3.36. The van der Waals surface area contributed by atoms with Crippen molar-refractivity contribution in [1.29, 1.82) is 5.26 Å². The summed E-state index contributed by atoms with van der Waals surface area (Å²) in [5, 5.41) is 43.7. The fourth-order valence-electron chi connectivity index (χ4n) is 8.61. The highest BCUT2D eigenvalue weighted by molar-refractivity contribution is 6.35. The number of aliphatic hydroxyl groups is 2. The average molecular weight is 914 g/mol. The highest BCUT2D eigenvalue weighted by atomic mass is 35.5. The summed E-state index contributed by atoms with van der Waals surface area (Å²) >= 11 is 20.0. The Bertz CT molecular complexity index is 2460. The Morgan fingerprint density at radius 1 is 0.889 bits per heavy atom. The Morgan fingerprint density at radius 3 is 2.41 bits per heavy atom. The molecule has 5 aromatic rings. The van der Waals surface area contributed by atoms with Crippen molar-refractivity contribution in [2.24, 2.45) is 0 Å². The molecule has 3 atom stereocenters. The summed E-state index contributed by atoms with van der Waals surface area (Å²) in [7, 11) is 0. The van der Waals surface area contributed by atoms with E-state index < -0.39 is 23.2 Å². The maximum absolute atomic E-state index is 12.1. The number of ether oxygens (including phenoxy) is 3. The van der Waals surface area contributed by atoms with Crippen molar-refractivity contribution in [1.82, 2.24) is 14.8 Å². The summed E-state index contributed by atoms with van der Waals surface area (Å²) in [4.78, 5) is 20.3. The van der Waals surface area contributed by atoms with Crippen molar-refractivity contribution in [2.45, 2.75) is 83.0 Å². The van der Waals surface area contributed by atoms with Crippen LogP contribution in [0.3, 0.4) is 0 Å². The molecule has 2 aliphatic rings. The minimum Gasteiger partial charge on any atom is -0.492 e. The summed E-state index contributed by atoms with van der Waals surface area (Å²) in [5.74, 6) is 0.598. The quantitative estimate of drug-likeness (QED) is 0.0813. The van der Waals surface area contributed by atoms with Crippen molar-refractivity contribution < 1.29 is 34.3 Å². The van der Waals surface area contributed by atoms with E-state index in [-0.39, 0.29) is 13.2 Å². The topological polar surface area (TPSA) is 149 Å². The number of nitrogens with zero attached hydrogens (tertiary/aromatic N) is 4. The fourth-order valence-corrected chi connectivity index (χ4v) is 9.25. The molecule has 11 nitrogen and oxygen atoms in total. The molecular weight excluding hydrogens is 863 g/mol. The average Bonchev–Trinajstić information content (AvgIpc) is 3.27. The first-order valence-corrected chi connectivity index (χ1v) is 22.2. The van der Waals surface area contributed by atoms with Crippen LogP contribution in [0.15, 0.2) is 91.3 Å². The smallest absolute Gasteiger partial charge is 0.320 e. The van der Waals surface area contributed by atoms with E-state index in [1.54, 1.807) is 55.6 Å². The number of aromatic nitrogens is 1. The third kappa shape index (κ3) is 10.7. The van der Waals surface area contributed by atoms with Gasteiger partial charge < -0.3 is 34.4 Å². The zero-order valence-electron chi connectivity index (χ0n) is 35.3. The van der Waals surface area contributed by atoms with E-state index in [1.165, 1.54) is 6.20 Å². The first-order valence-electron chi connectivity index (χ1n) is 21.1. The van der Waals surface area contributed by atoms with Crippen molar-refractivity contribution in [3.05, 3.63) is 140 Å². The Labute approximate surface area is 383 Å². The molecule has 2 aliphatic heterocycles. The third-order valence-corrected chi connectivity index (χ3v) is 13.1. The van der Waals surface area contributed by atoms with Gasteiger partial charge >= 0.3 is 5.97 Å². The van der Waals surface area contributed by atoms with E-state index in [1.807, 2.05) is 48.2 Å². The maximum Gasteiger partial charge on any atom is 0.320 e. The minimum absolute atomic E-state index is 0.127. The molecule has 4 aromatic carbocycles. The number of carbonyl (C=O) groups is 1. The fraction of sp³-hybridized carbons (Fsp3) is 0.367. The third-order valence-electron chi connectivity index (χ3n) is 12.2. The Morgan fingerprint density at radius 2 is 1.65 bits per heavy atom. The number of hydrogen-bond donors (Lipinski definition) is 3. The van der Waals surface area contributed by atoms with Crippen LogP contribution in [0.1, 0.15) is 72.4 Å². The Balaban J connectivity index is 1.01. The van der Waals surface area contributed by atoms with Gasteiger partial charge in [0.25, 0.3) is 0 Å². The number of piperidine rings is 2. The van der Waals surface area contributed by atoms with Gasteiger partial charge in [-0.05, 0) is 98.7 Å². The van der Waals surface area contributed by atoms with Gasteiger partial charge in [0.15, 0.2) is 0 Å². The molecule has 0 bridgehead atoms. The lowest BCUT2D eigenvalue weighted by molar-refractivity contribution is -0.186. The first-order chi connectivity index (χ1) is 30.3. The second-order valence-electron chi connectivity index (χ2n) is 16.6. The Kier molecular flexibility index (Phi) is 14.9. The predicted molar refractivity (Wildman–Crippen MR) is 244 cm³/mol. The molecule has 0 amide bonds. The van der Waals surface area contributed by atoms with Crippen LogP contribution in [0.5, 0.6) is 17.2 Å². The van der Waals surface area contributed by atoms with Crippen LogP contribution < -0.4 is 14.2 Å². The van der Waals surface area contributed by atoms with Crippen LogP contribution in [-0.4, -0.2) is 80.5 Å². The number of halogens is 3. The van der Waals surface area contributed by atoms with Crippen LogP contribution in [0.4, 0.5) is 0 Å². The number of carboxylic acids is 1. The number of benzene rings is 4. The second kappa shape index (κ2) is 20.3. The van der Waals surface area contributed by atoms with Gasteiger partial charge in [-0.25, -0.2) is 0 Å². The molecular formula is C49H51Cl3N4O7. The molecule has 0 radical (unpaired) electrons. The largest absolute Gasteiger partial charge is 0.492 e. The zero-order valence-corrected chi connectivity index (χ0v) is 37.6. The number of hydrogen-bond acceptors (Lipinski definition) is 10. The van der Waals surface area contributed by atoms with Gasteiger partial charge in [-0.15, -0.1) is 0 Å². The maximum atomic E-state index is 12.1. The standard InChI is InChI=1S/C49H51Cl3N4O7/c1-32-35(30-63-45-24-44(62-29-34-22-33(25-53)26-54-27-34)36(23-41(45)51)28-56-19-4-3-11-42(56)47(57)58)8-5-9-39(32)40-10-6-12-43(46(40)52)61-21-7-18-55-20-17-49(60,48(2,59)31-55)37-13-15-38(50)16-14-37/h5-6,8-10,12-16,22-24,26-27,42,59-60H,3-4,7,11,17-21,28-31H2,1-2H3,(H,57,58)/t42?,48-,49-/m1/s1. The normalized spacial score (nSPS) is 20.5. The van der Waals surface area contributed by atoms with Gasteiger partial charge in [-0.2, -0.15) is 5.26 Å². The van der Waals surface area contributed by atoms with Gasteiger partial charge in [-0.1, -0.05) is 83.7 Å². The number of β-amino-alcohol motifs (C(OH)–C–C–N with tert-alkyl or cyclic N) is 1. The molecule has 0 saturated carbocycles. The number of rotatable bonds is 16. The van der Waals surface area contributed by atoms with Crippen LogP contribution >= 0.6 is 34.8 Å². The monoisotopic (exact) mass is 912 g/mol. The van der Waals surface area contributed by atoms with Gasteiger partial charge in [-0.3, -0.25) is 14.7 Å². The van der Waals surface area contributed by atoms with Gasteiger partial charge in [0.05, 0.1) is 22.2 Å². The van der Waals surface area contributed by atoms with Crippen molar-refractivity contribution in [3.8, 4) is 34.4 Å². The van der Waals surface area contributed by atoms with E-state index in [0.717, 1.165) is 40.7 Å². The predicted octanol–water partition coefficient (Wildman–Crippen LogP) is 9.60. The molecule has 330 valence electrons. The SMILES string of the molecule is Cc1c(COc2cc(OCc3cncc(C#N)c3)c(CN3CCCCC3C(=O)O)cc2Cl)cccc1-c1cccc(OCCCN2CC[C@@](O)(c3ccc(Cl)cc3)[C@](C)(O)C2)c1Cl. The molecule has 7 rings (SSSR count). The van der Waals surface area contributed by atoms with Crippen molar-refractivity contribution in [3.63, 3.8) is 0 Å². The second-order valence-corrected chi connectivity index (χ2v) is 17.8. The number of aliphatic carboxylic acids is 1. The number of carboxylic acid groups (broad SMARTS) is 1. The van der Waals surface area contributed by atoms with E-state index >= 15 is 0 Å². The lowest BCUT2D eigenvalue weighted by Gasteiger charge is -2.49. The molecule has 2 saturated heterocycles. The lowest BCUT2D eigenvalue weighted by atomic mass is 9.73. The van der Waals surface area contributed by atoms with Crippen LogP contribution in [0.2, 0.25) is 15.1 Å². The summed E-state index contributed by atoms with van der Waals surface area (Å²) in [6.07, 6.45) is 6.50. The molecule has 3 N–H and O–H groups in total. The number of likely N-dealkylation sites (tertiary alicyclic amines) is 2. The van der Waals surface area contributed by atoms with Crippen LogP contribution in [-0.2, 0) is 30.2 Å². The summed E-state index contributed by atoms with van der Waals surface area (Å²) < 4.78 is 18.9. The summed E-state index contributed by atoms with van der Waals surface area (Å²) in [6.45, 7) is 6.96. The molecule has 3 heterocycles. The van der Waals surface area contributed by atoms with Gasteiger partial charge in [0, 0.05) is 66.4 Å². The lowest BCUT2D eigenvalue weighted by Crippen LogP contribution is -2.61. The Hall–Kier alpha value is -4.90. The van der Waals surface area contributed by atoms with Gasteiger partial charge in [0.2, 0.25) is 0 Å². The van der Waals surface area contributed by atoms with Crippen LogP contribution in [0.25, 0.3) is 11.1 Å². The van der Waals surface area contributed by atoms with Crippen LogP contribution in [0, 0.1) is 18.3 Å². The molecule has 0 spiro atoms. The van der Waals surface area contributed by atoms with E-state index in [0.29, 0.717) is 108 Å². The van der Waals surface area contributed by atoms with E-state index in [2.05, 4.69) is 16.0 Å². The van der Waals surface area contributed by atoms with Gasteiger partial charge in [0.1, 0.15) is 53.8 Å². The van der Waals surface area contributed by atoms with E-state index in [9.17, 15) is 25.4 Å². The minimum atomic E-state index is -1.38. The zero-order chi connectivity index (χ0) is 44.7. The molecule has 1 unspecified atom stereocenters. The molecule has 63 heavy (non-hydrogen) atoms. The van der Waals surface area contributed by atoms with Crippen molar-refractivity contribution in [2.75, 3.05) is 32.8 Å². The molecule has 14 heteroatoms. The summed E-state index contributed by atoms with van der Waals surface area (Å²) in [6, 6.07) is 25.4. The highest BCUT2D eigenvalue weighted by Gasteiger charge is 2.50.